The van der Waals surface area contributed by atoms with Crippen LogP contribution in [0.1, 0.15) is 0 Å². The third-order valence-electron chi connectivity index (χ3n) is 0.607. The Kier molecular flexibility index (Phi) is 4.01. The molecule has 1 nitrogen and oxygen atoms in total. The fourth-order valence-corrected chi connectivity index (χ4v) is 0.403. The molecule has 8 heavy (non-hydrogen) atoms. The Hall–Kier alpha value is -0.740. The van der Waals surface area contributed by atoms with Crippen molar-refractivity contribution >= 4 is 11.6 Å². The van der Waals surface area contributed by atoms with Gasteiger partial charge in [-0.25, -0.2) is 0 Å². The fraction of sp³-hybridized carbons (Fsp3) is 0.167. The smallest absolute Gasteiger partial charge is 0.0959 e. The molecule has 0 unspecified atom stereocenters. The van der Waals surface area contributed by atoms with Crippen LogP contribution in [-0.4, -0.2) is 5.88 Å². The molecule has 0 aliphatic rings. The van der Waals surface area contributed by atoms with Crippen molar-refractivity contribution in [2.24, 2.45) is 0 Å². The van der Waals surface area contributed by atoms with E-state index in [1.807, 2.05) is 6.07 Å². The number of hydrogen-bond acceptors (Lipinski definition) is 1. The van der Waals surface area contributed by atoms with Gasteiger partial charge in [-0.2, -0.15) is 5.26 Å². The van der Waals surface area contributed by atoms with Crippen molar-refractivity contribution in [2.45, 2.75) is 0 Å². The Labute approximate surface area is 53.9 Å². The SMILES string of the molecule is C=C/C=C(/C#N)CCl. The number of alkyl halides is 1. The van der Waals surface area contributed by atoms with Crippen LogP contribution in [0, 0.1) is 11.3 Å². The summed E-state index contributed by atoms with van der Waals surface area (Å²) in [5, 5.41) is 8.21. The van der Waals surface area contributed by atoms with Crippen LogP contribution in [0.25, 0.3) is 0 Å². The van der Waals surface area contributed by atoms with E-state index in [1.165, 1.54) is 0 Å². The third-order valence-corrected chi connectivity index (χ3v) is 0.895. The van der Waals surface area contributed by atoms with Crippen LogP contribution in [0.2, 0.25) is 0 Å². The van der Waals surface area contributed by atoms with Gasteiger partial charge in [0, 0.05) is 5.57 Å². The zero-order valence-electron chi connectivity index (χ0n) is 4.39. The summed E-state index contributed by atoms with van der Waals surface area (Å²) in [6, 6.07) is 1.91. The minimum absolute atomic E-state index is 0.266. The molecule has 0 aliphatic carbocycles. The molecule has 0 spiro atoms. The Balaban J connectivity index is 3.91. The van der Waals surface area contributed by atoms with Gasteiger partial charge in [0.2, 0.25) is 0 Å². The van der Waals surface area contributed by atoms with E-state index in [0.717, 1.165) is 0 Å². The van der Waals surface area contributed by atoms with E-state index in [1.54, 1.807) is 12.2 Å². The number of nitriles is 1. The average Bonchev–Trinajstić information content (AvgIpc) is 1.83. The number of nitrogens with zero attached hydrogens (tertiary/aromatic N) is 1. The van der Waals surface area contributed by atoms with E-state index in [9.17, 15) is 0 Å². The second-order valence-corrected chi connectivity index (χ2v) is 1.44. The molecule has 0 aliphatic heterocycles. The van der Waals surface area contributed by atoms with Gasteiger partial charge < -0.3 is 0 Å². The van der Waals surface area contributed by atoms with E-state index in [0.29, 0.717) is 5.57 Å². The summed E-state index contributed by atoms with van der Waals surface area (Å²) in [6.45, 7) is 3.41. The van der Waals surface area contributed by atoms with Crippen LogP contribution in [0.15, 0.2) is 24.3 Å². The molecule has 0 aromatic heterocycles. The minimum atomic E-state index is 0.266. The average molecular weight is 128 g/mol. The summed E-state index contributed by atoms with van der Waals surface area (Å²) >= 11 is 5.31. The van der Waals surface area contributed by atoms with Gasteiger partial charge in [0.05, 0.1) is 11.9 Å². The minimum Gasteiger partial charge on any atom is -0.193 e. The number of rotatable bonds is 2. The first-order chi connectivity index (χ1) is 3.85. The summed E-state index contributed by atoms with van der Waals surface area (Å²) in [5.74, 6) is 0.266. The van der Waals surface area contributed by atoms with Gasteiger partial charge in [-0.3, -0.25) is 0 Å². The number of hydrogen-bond donors (Lipinski definition) is 0. The van der Waals surface area contributed by atoms with Gasteiger partial charge in [0.15, 0.2) is 0 Å². The summed E-state index contributed by atoms with van der Waals surface area (Å²) in [6.07, 6.45) is 3.13. The van der Waals surface area contributed by atoms with Crippen molar-refractivity contribution in [3.05, 3.63) is 24.3 Å². The van der Waals surface area contributed by atoms with Crippen LogP contribution in [0.5, 0.6) is 0 Å². The lowest BCUT2D eigenvalue weighted by atomic mass is 10.3. The molecule has 42 valence electrons. The Morgan fingerprint density at radius 3 is 2.62 bits per heavy atom. The zero-order chi connectivity index (χ0) is 6.41. The van der Waals surface area contributed by atoms with Gasteiger partial charge in [-0.05, 0) is 6.08 Å². The van der Waals surface area contributed by atoms with E-state index >= 15 is 0 Å². The largest absolute Gasteiger partial charge is 0.193 e. The maximum atomic E-state index is 8.21. The van der Waals surface area contributed by atoms with E-state index in [2.05, 4.69) is 6.58 Å². The van der Waals surface area contributed by atoms with E-state index in [-0.39, 0.29) is 5.88 Å². The van der Waals surface area contributed by atoms with Gasteiger partial charge in [0.25, 0.3) is 0 Å². The fourth-order valence-electron chi connectivity index (χ4n) is 0.254. The Bertz CT molecular complexity index is 141. The van der Waals surface area contributed by atoms with Crippen molar-refractivity contribution in [3.8, 4) is 6.07 Å². The second kappa shape index (κ2) is 4.42. The summed E-state index contributed by atoms with van der Waals surface area (Å²) in [5.41, 5.74) is 0.543. The highest BCUT2D eigenvalue weighted by atomic mass is 35.5. The van der Waals surface area contributed by atoms with Gasteiger partial charge in [-0.15, -0.1) is 11.6 Å². The molecule has 0 heterocycles. The molecule has 0 atom stereocenters. The van der Waals surface area contributed by atoms with Crippen LogP contribution in [0.3, 0.4) is 0 Å². The lowest BCUT2D eigenvalue weighted by Crippen LogP contribution is -1.75. The molecule has 0 amide bonds. The molecular weight excluding hydrogens is 122 g/mol. The molecule has 0 aromatic rings. The topological polar surface area (TPSA) is 23.8 Å². The normalized spacial score (nSPS) is 10.2. The van der Waals surface area contributed by atoms with E-state index in [4.69, 9.17) is 16.9 Å². The Morgan fingerprint density at radius 1 is 1.88 bits per heavy atom. The lowest BCUT2D eigenvalue weighted by molar-refractivity contribution is 1.45. The quantitative estimate of drug-likeness (QED) is 0.316. The molecule has 0 saturated heterocycles. The van der Waals surface area contributed by atoms with Gasteiger partial charge in [0.1, 0.15) is 0 Å². The number of allylic oxidation sites excluding steroid dienone is 3. The predicted molar refractivity (Wildman–Crippen MR) is 34.6 cm³/mol. The summed E-state index contributed by atoms with van der Waals surface area (Å²) in [7, 11) is 0. The highest BCUT2D eigenvalue weighted by Gasteiger charge is 1.85. The van der Waals surface area contributed by atoms with Crippen LogP contribution < -0.4 is 0 Å². The molecule has 2 heteroatoms. The highest BCUT2D eigenvalue weighted by molar-refractivity contribution is 6.19. The molecular formula is C6H6ClN. The molecule has 0 radical (unpaired) electrons. The monoisotopic (exact) mass is 127 g/mol. The van der Waals surface area contributed by atoms with Crippen molar-refractivity contribution in [3.63, 3.8) is 0 Å². The second-order valence-electron chi connectivity index (χ2n) is 1.17. The third kappa shape index (κ3) is 2.44. The van der Waals surface area contributed by atoms with Crippen molar-refractivity contribution in [2.75, 3.05) is 5.88 Å². The first-order valence-electron chi connectivity index (χ1n) is 2.12. The van der Waals surface area contributed by atoms with Crippen LogP contribution in [0.4, 0.5) is 0 Å². The van der Waals surface area contributed by atoms with Gasteiger partial charge in [-0.1, -0.05) is 12.7 Å². The van der Waals surface area contributed by atoms with Crippen molar-refractivity contribution in [1.29, 1.82) is 5.26 Å². The molecule has 0 N–H and O–H groups in total. The van der Waals surface area contributed by atoms with Crippen LogP contribution >= 0.6 is 11.6 Å². The van der Waals surface area contributed by atoms with Gasteiger partial charge >= 0.3 is 0 Å². The molecule has 0 fully saturated rings. The number of halogens is 1. The summed E-state index contributed by atoms with van der Waals surface area (Å²) < 4.78 is 0. The Morgan fingerprint density at radius 2 is 2.50 bits per heavy atom. The summed E-state index contributed by atoms with van der Waals surface area (Å²) in [4.78, 5) is 0. The molecule has 0 bridgehead atoms. The first-order valence-corrected chi connectivity index (χ1v) is 2.66. The predicted octanol–water partition coefficient (Wildman–Crippen LogP) is 1.86. The van der Waals surface area contributed by atoms with E-state index < -0.39 is 0 Å². The molecule has 0 saturated carbocycles. The van der Waals surface area contributed by atoms with Crippen molar-refractivity contribution in [1.82, 2.24) is 0 Å². The maximum absolute atomic E-state index is 8.21. The van der Waals surface area contributed by atoms with Crippen molar-refractivity contribution < 1.29 is 0 Å². The standard InChI is InChI=1S/C6H6ClN/c1-2-3-6(4-7)5-8/h2-3H,1,4H2/b6-3+. The zero-order valence-corrected chi connectivity index (χ0v) is 5.15. The first kappa shape index (κ1) is 7.26. The molecule has 0 aromatic carbocycles. The maximum Gasteiger partial charge on any atom is 0.0959 e. The van der Waals surface area contributed by atoms with Crippen LogP contribution in [-0.2, 0) is 0 Å². The molecule has 0 rings (SSSR count). The highest BCUT2D eigenvalue weighted by Crippen LogP contribution is 1.93. The lowest BCUT2D eigenvalue weighted by Gasteiger charge is -1.80.